The summed E-state index contributed by atoms with van der Waals surface area (Å²) in [6.45, 7) is 0.459. The summed E-state index contributed by atoms with van der Waals surface area (Å²) in [4.78, 5) is 14.5. The molecule has 2 heterocycles. The molecule has 0 saturated heterocycles. The zero-order valence-electron chi connectivity index (χ0n) is 16.0. The van der Waals surface area contributed by atoms with Gasteiger partial charge in [-0.1, -0.05) is 17.7 Å². The van der Waals surface area contributed by atoms with Crippen LogP contribution in [0.1, 0.15) is 17.7 Å². The molecule has 31 heavy (non-hydrogen) atoms. The first-order chi connectivity index (χ1) is 14.7. The minimum absolute atomic E-state index is 0.132. The first-order valence-corrected chi connectivity index (χ1v) is 9.76. The monoisotopic (exact) mass is 453 g/mol. The Labute approximate surface area is 179 Å². The molecule has 0 bridgehead atoms. The van der Waals surface area contributed by atoms with E-state index in [1.165, 1.54) is 24.3 Å². The topological polar surface area (TPSA) is 47.4 Å². The first-order valence-electron chi connectivity index (χ1n) is 9.38. The predicted octanol–water partition coefficient (Wildman–Crippen LogP) is 5.09. The molecule has 4 rings (SSSR count). The van der Waals surface area contributed by atoms with Gasteiger partial charge in [0.05, 0.1) is 34.7 Å². The minimum Gasteiger partial charge on any atom is -0.404 e. The Kier molecular flexibility index (Phi) is 5.62. The first kappa shape index (κ1) is 21.2. The van der Waals surface area contributed by atoms with E-state index in [2.05, 4.69) is 9.84 Å². The van der Waals surface area contributed by atoms with E-state index in [1.54, 1.807) is 27.9 Å². The number of nitrogens with zero attached hydrogens (tertiary/aromatic N) is 3. The maximum atomic E-state index is 13.2. The Balaban J connectivity index is 1.56. The fourth-order valence-corrected chi connectivity index (χ4v) is 3.70. The van der Waals surface area contributed by atoms with Gasteiger partial charge >= 0.3 is 6.36 Å². The van der Waals surface area contributed by atoms with Crippen molar-refractivity contribution >= 4 is 23.2 Å². The number of carbonyl (C=O) groups excluding carboxylic acids is 1. The molecule has 1 aromatic heterocycles. The molecule has 0 radical (unpaired) electrons. The molecule has 0 aliphatic carbocycles. The molecular formula is C21H16ClF4N3O2. The largest absolute Gasteiger partial charge is 0.573 e. The van der Waals surface area contributed by atoms with Crippen molar-refractivity contribution in [1.82, 2.24) is 9.78 Å². The molecular weight excluding hydrogens is 438 g/mol. The molecule has 162 valence electrons. The number of hydrogen-bond acceptors (Lipinski definition) is 3. The van der Waals surface area contributed by atoms with E-state index in [1.807, 2.05) is 0 Å². The van der Waals surface area contributed by atoms with Crippen LogP contribution in [0.5, 0.6) is 5.75 Å². The SMILES string of the molecule is O=C(Cc1ccc(Cl)c(OC(F)(F)F)c1)N1CCCc2c1cnn2-c1ccc(F)cc1. The van der Waals surface area contributed by atoms with Gasteiger partial charge in [0.1, 0.15) is 11.6 Å². The Morgan fingerprint density at radius 3 is 2.61 bits per heavy atom. The minimum atomic E-state index is -4.89. The number of alkyl halides is 3. The second-order valence-electron chi connectivity index (χ2n) is 7.00. The van der Waals surface area contributed by atoms with Gasteiger partial charge in [0, 0.05) is 6.54 Å². The zero-order chi connectivity index (χ0) is 22.2. The number of hydrogen-bond donors (Lipinski definition) is 0. The van der Waals surface area contributed by atoms with E-state index < -0.39 is 12.1 Å². The van der Waals surface area contributed by atoms with Gasteiger partial charge in [-0.2, -0.15) is 5.10 Å². The van der Waals surface area contributed by atoms with Crippen LogP contribution in [-0.4, -0.2) is 28.6 Å². The number of amides is 1. The Bertz CT molecular complexity index is 1110. The highest BCUT2D eigenvalue weighted by molar-refractivity contribution is 6.32. The summed E-state index contributed by atoms with van der Waals surface area (Å²) in [5, 5.41) is 4.14. The number of anilines is 1. The zero-order valence-corrected chi connectivity index (χ0v) is 16.8. The number of fused-ring (bicyclic) bond motifs is 1. The van der Waals surface area contributed by atoms with Crippen LogP contribution in [0.15, 0.2) is 48.7 Å². The summed E-state index contributed by atoms with van der Waals surface area (Å²) in [5.41, 5.74) is 2.44. The van der Waals surface area contributed by atoms with Gasteiger partial charge in [-0.25, -0.2) is 9.07 Å². The van der Waals surface area contributed by atoms with Gasteiger partial charge in [-0.15, -0.1) is 13.2 Å². The van der Waals surface area contributed by atoms with Crippen LogP contribution in [0, 0.1) is 5.82 Å². The van der Waals surface area contributed by atoms with Crippen LogP contribution < -0.4 is 9.64 Å². The fourth-order valence-electron chi connectivity index (χ4n) is 3.54. The molecule has 0 unspecified atom stereocenters. The second-order valence-corrected chi connectivity index (χ2v) is 7.41. The molecule has 10 heteroatoms. The molecule has 1 aliphatic rings. The van der Waals surface area contributed by atoms with Crippen molar-refractivity contribution in [2.24, 2.45) is 0 Å². The maximum absolute atomic E-state index is 13.2. The summed E-state index contributed by atoms with van der Waals surface area (Å²) in [5.74, 6) is -1.21. The van der Waals surface area contributed by atoms with E-state index in [0.717, 1.165) is 11.8 Å². The highest BCUT2D eigenvalue weighted by atomic mass is 35.5. The third-order valence-corrected chi connectivity index (χ3v) is 5.19. The Morgan fingerprint density at radius 1 is 1.16 bits per heavy atom. The number of benzene rings is 2. The van der Waals surface area contributed by atoms with Crippen molar-refractivity contribution in [3.8, 4) is 11.4 Å². The lowest BCUT2D eigenvalue weighted by Gasteiger charge is -2.27. The van der Waals surface area contributed by atoms with Crippen LogP contribution >= 0.6 is 11.6 Å². The van der Waals surface area contributed by atoms with E-state index in [4.69, 9.17) is 11.6 Å². The maximum Gasteiger partial charge on any atom is 0.573 e. The van der Waals surface area contributed by atoms with Gasteiger partial charge in [0.2, 0.25) is 5.91 Å². The lowest BCUT2D eigenvalue weighted by molar-refractivity contribution is -0.274. The van der Waals surface area contributed by atoms with Gasteiger partial charge in [0.15, 0.2) is 0 Å². The molecule has 3 aromatic rings. The molecule has 2 aromatic carbocycles. The van der Waals surface area contributed by atoms with Gasteiger partial charge in [-0.3, -0.25) is 4.79 Å². The van der Waals surface area contributed by atoms with Crippen LogP contribution in [0.4, 0.5) is 23.2 Å². The third-order valence-electron chi connectivity index (χ3n) is 4.88. The van der Waals surface area contributed by atoms with Crippen LogP contribution in [0.3, 0.4) is 0 Å². The van der Waals surface area contributed by atoms with Crippen molar-refractivity contribution < 1.29 is 27.1 Å². The average molecular weight is 454 g/mol. The number of ether oxygens (including phenoxy) is 1. The molecule has 1 amide bonds. The third kappa shape index (κ3) is 4.66. The standard InChI is InChI=1S/C21H16ClF4N3O2/c22-16-8-3-13(10-19(16)31-21(24,25)26)11-20(30)28-9-1-2-17-18(28)12-27-29(17)15-6-4-14(23)5-7-15/h3-8,10,12H,1-2,9,11H2. The number of halogens is 5. The number of aromatic nitrogens is 2. The lowest BCUT2D eigenvalue weighted by atomic mass is 10.1. The highest BCUT2D eigenvalue weighted by Gasteiger charge is 2.32. The molecule has 0 spiro atoms. The van der Waals surface area contributed by atoms with Gasteiger partial charge in [0.25, 0.3) is 0 Å². The van der Waals surface area contributed by atoms with Crippen molar-refractivity contribution in [3.05, 3.63) is 70.8 Å². The highest BCUT2D eigenvalue weighted by Crippen LogP contribution is 2.32. The normalized spacial score (nSPS) is 13.8. The fraction of sp³-hybridized carbons (Fsp3) is 0.238. The molecule has 1 aliphatic heterocycles. The van der Waals surface area contributed by atoms with Crippen LogP contribution in [0.25, 0.3) is 5.69 Å². The van der Waals surface area contributed by atoms with E-state index in [9.17, 15) is 22.4 Å². The summed E-state index contributed by atoms with van der Waals surface area (Å²) in [7, 11) is 0. The second kappa shape index (κ2) is 8.22. The predicted molar refractivity (Wildman–Crippen MR) is 106 cm³/mol. The Morgan fingerprint density at radius 2 is 1.90 bits per heavy atom. The molecule has 0 saturated carbocycles. The van der Waals surface area contributed by atoms with Crippen LogP contribution in [-0.2, 0) is 17.6 Å². The summed E-state index contributed by atoms with van der Waals surface area (Å²) in [6, 6.07) is 9.71. The lowest BCUT2D eigenvalue weighted by Crippen LogP contribution is -2.36. The Hall–Kier alpha value is -3.07. The quantitative estimate of drug-likeness (QED) is 0.517. The summed E-state index contributed by atoms with van der Waals surface area (Å²) < 4.78 is 56.5. The van der Waals surface area contributed by atoms with Gasteiger partial charge < -0.3 is 9.64 Å². The number of rotatable bonds is 4. The van der Waals surface area contributed by atoms with Crippen LogP contribution in [0.2, 0.25) is 5.02 Å². The smallest absolute Gasteiger partial charge is 0.404 e. The average Bonchev–Trinajstić information content (AvgIpc) is 3.14. The molecule has 0 atom stereocenters. The molecule has 0 fully saturated rings. The van der Waals surface area contributed by atoms with Crippen molar-refractivity contribution in [1.29, 1.82) is 0 Å². The summed E-state index contributed by atoms with van der Waals surface area (Å²) in [6.07, 6.45) is -2.08. The number of carbonyl (C=O) groups is 1. The van der Waals surface area contributed by atoms with Crippen molar-refractivity contribution in [2.75, 3.05) is 11.4 Å². The molecule has 5 nitrogen and oxygen atoms in total. The van der Waals surface area contributed by atoms with Crippen molar-refractivity contribution in [3.63, 3.8) is 0 Å². The summed E-state index contributed by atoms with van der Waals surface area (Å²) >= 11 is 5.77. The van der Waals surface area contributed by atoms with E-state index in [0.29, 0.717) is 36.3 Å². The van der Waals surface area contributed by atoms with Gasteiger partial charge in [-0.05, 0) is 54.8 Å². The van der Waals surface area contributed by atoms with Crippen molar-refractivity contribution in [2.45, 2.75) is 25.6 Å². The van der Waals surface area contributed by atoms with E-state index >= 15 is 0 Å². The van der Waals surface area contributed by atoms with E-state index in [-0.39, 0.29) is 23.2 Å². The molecule has 0 N–H and O–H groups in total.